The van der Waals surface area contributed by atoms with Gasteiger partial charge in [-0.15, -0.1) is 0 Å². The van der Waals surface area contributed by atoms with Gasteiger partial charge < -0.3 is 10.3 Å². The average molecular weight is 207 g/mol. The van der Waals surface area contributed by atoms with Gasteiger partial charge in [0.2, 0.25) is 0 Å². The number of H-pyrrole nitrogens is 1. The van der Waals surface area contributed by atoms with E-state index in [9.17, 15) is 0 Å². The lowest BCUT2D eigenvalue weighted by Gasteiger charge is -2.02. The van der Waals surface area contributed by atoms with E-state index in [1.165, 1.54) is 0 Å². The Bertz CT molecular complexity index is 408. The molecule has 15 heavy (non-hydrogen) atoms. The maximum absolute atomic E-state index is 5.86. The third-order valence-corrected chi connectivity index (χ3v) is 2.12. The summed E-state index contributed by atoms with van der Waals surface area (Å²) >= 11 is 0. The van der Waals surface area contributed by atoms with Crippen molar-refractivity contribution in [2.24, 2.45) is 5.73 Å². The Labute approximate surface area is 86.9 Å². The molecular formula is C9H13N5O. The van der Waals surface area contributed by atoms with E-state index >= 15 is 0 Å². The summed E-state index contributed by atoms with van der Waals surface area (Å²) in [7, 11) is 0. The molecule has 0 saturated carbocycles. The summed E-state index contributed by atoms with van der Waals surface area (Å²) in [6.07, 6.45) is 5.17. The predicted octanol–water partition coefficient (Wildman–Crippen LogP) is 1.26. The van der Waals surface area contributed by atoms with Crippen molar-refractivity contribution in [3.05, 3.63) is 18.2 Å². The lowest BCUT2D eigenvalue weighted by atomic mass is 10.2. The number of aromatic amines is 1. The van der Waals surface area contributed by atoms with Crippen LogP contribution < -0.4 is 5.73 Å². The van der Waals surface area contributed by atoms with Gasteiger partial charge >= 0.3 is 0 Å². The molecule has 0 aromatic carbocycles. The van der Waals surface area contributed by atoms with Crippen LogP contribution in [-0.2, 0) is 0 Å². The second-order valence-corrected chi connectivity index (χ2v) is 3.34. The largest absolute Gasteiger partial charge is 0.334 e. The molecule has 0 amide bonds. The predicted molar refractivity (Wildman–Crippen MR) is 53.7 cm³/mol. The molecule has 2 heterocycles. The summed E-state index contributed by atoms with van der Waals surface area (Å²) in [5.74, 6) is 0.998. The van der Waals surface area contributed by atoms with Gasteiger partial charge in [0, 0.05) is 6.20 Å². The molecule has 0 fully saturated rings. The SMILES string of the molecule is CCCC(N)c1noc(-c2cn[nH]c2)n1. The fourth-order valence-electron chi connectivity index (χ4n) is 1.31. The molecule has 2 rings (SSSR count). The molecule has 0 aliphatic heterocycles. The molecule has 2 aromatic rings. The maximum atomic E-state index is 5.86. The smallest absolute Gasteiger partial charge is 0.261 e. The number of hydrogen-bond donors (Lipinski definition) is 2. The molecule has 0 saturated heterocycles. The number of hydrogen-bond acceptors (Lipinski definition) is 5. The lowest BCUT2D eigenvalue weighted by molar-refractivity contribution is 0.413. The van der Waals surface area contributed by atoms with Crippen LogP contribution in [0.1, 0.15) is 31.6 Å². The van der Waals surface area contributed by atoms with Crippen LogP contribution in [0.25, 0.3) is 11.5 Å². The highest BCUT2D eigenvalue weighted by molar-refractivity contribution is 5.48. The molecule has 0 aliphatic carbocycles. The van der Waals surface area contributed by atoms with Crippen molar-refractivity contribution in [3.8, 4) is 11.5 Å². The molecule has 1 unspecified atom stereocenters. The van der Waals surface area contributed by atoms with E-state index in [-0.39, 0.29) is 6.04 Å². The topological polar surface area (TPSA) is 93.6 Å². The van der Waals surface area contributed by atoms with Gasteiger partial charge in [0.25, 0.3) is 5.89 Å². The maximum Gasteiger partial charge on any atom is 0.261 e. The van der Waals surface area contributed by atoms with Crippen molar-refractivity contribution >= 4 is 0 Å². The number of nitrogens with two attached hydrogens (primary N) is 1. The van der Waals surface area contributed by atoms with Crippen LogP contribution in [0.5, 0.6) is 0 Å². The van der Waals surface area contributed by atoms with Crippen LogP contribution in [-0.4, -0.2) is 20.3 Å². The molecule has 0 bridgehead atoms. The van der Waals surface area contributed by atoms with E-state index in [2.05, 4.69) is 27.3 Å². The van der Waals surface area contributed by atoms with Gasteiger partial charge in [-0.1, -0.05) is 18.5 Å². The Morgan fingerprint density at radius 1 is 1.60 bits per heavy atom. The minimum Gasteiger partial charge on any atom is -0.334 e. The van der Waals surface area contributed by atoms with Crippen molar-refractivity contribution in [1.82, 2.24) is 20.3 Å². The van der Waals surface area contributed by atoms with Crippen LogP contribution in [0.15, 0.2) is 16.9 Å². The summed E-state index contributed by atoms with van der Waals surface area (Å²) in [6, 6.07) is -0.153. The molecule has 1 atom stereocenters. The zero-order valence-electron chi connectivity index (χ0n) is 8.47. The number of nitrogens with one attached hydrogen (secondary N) is 1. The van der Waals surface area contributed by atoms with Crippen molar-refractivity contribution in [2.45, 2.75) is 25.8 Å². The molecule has 3 N–H and O–H groups in total. The van der Waals surface area contributed by atoms with Gasteiger partial charge in [0.05, 0.1) is 17.8 Å². The monoisotopic (exact) mass is 207 g/mol. The normalized spacial score (nSPS) is 12.9. The first-order valence-electron chi connectivity index (χ1n) is 4.89. The van der Waals surface area contributed by atoms with E-state index in [0.29, 0.717) is 11.7 Å². The van der Waals surface area contributed by atoms with E-state index in [1.807, 2.05) is 0 Å². The summed E-state index contributed by atoms with van der Waals surface area (Å²) in [4.78, 5) is 4.21. The van der Waals surface area contributed by atoms with Crippen molar-refractivity contribution in [2.75, 3.05) is 0 Å². The van der Waals surface area contributed by atoms with Crippen LogP contribution in [0.3, 0.4) is 0 Å². The lowest BCUT2D eigenvalue weighted by Crippen LogP contribution is -2.11. The fraction of sp³-hybridized carbons (Fsp3) is 0.444. The molecule has 0 aliphatic rings. The molecular weight excluding hydrogens is 194 g/mol. The highest BCUT2D eigenvalue weighted by Crippen LogP contribution is 2.18. The standard InChI is InChI=1S/C9H13N5O/c1-2-3-7(10)8-13-9(15-14-8)6-4-11-12-5-6/h4-5,7H,2-3,10H2,1H3,(H,11,12). The first-order chi connectivity index (χ1) is 7.31. The molecule has 80 valence electrons. The highest BCUT2D eigenvalue weighted by Gasteiger charge is 2.14. The zero-order valence-corrected chi connectivity index (χ0v) is 8.47. The summed E-state index contributed by atoms with van der Waals surface area (Å²) < 4.78 is 5.08. The minimum absolute atomic E-state index is 0.153. The van der Waals surface area contributed by atoms with E-state index < -0.39 is 0 Å². The van der Waals surface area contributed by atoms with Crippen molar-refractivity contribution in [1.29, 1.82) is 0 Å². The Balaban J connectivity index is 2.17. The van der Waals surface area contributed by atoms with Crippen LogP contribution in [0.4, 0.5) is 0 Å². The quantitative estimate of drug-likeness (QED) is 0.787. The Kier molecular flexibility index (Phi) is 2.77. The first-order valence-corrected chi connectivity index (χ1v) is 4.89. The second-order valence-electron chi connectivity index (χ2n) is 3.34. The van der Waals surface area contributed by atoms with Crippen molar-refractivity contribution < 1.29 is 4.52 Å². The van der Waals surface area contributed by atoms with Gasteiger partial charge in [0.1, 0.15) is 0 Å². The van der Waals surface area contributed by atoms with Gasteiger partial charge in [-0.05, 0) is 6.42 Å². The first kappa shape index (κ1) is 9.85. The van der Waals surface area contributed by atoms with E-state index in [4.69, 9.17) is 10.3 Å². The minimum atomic E-state index is -0.153. The van der Waals surface area contributed by atoms with Crippen LogP contribution in [0, 0.1) is 0 Å². The molecule has 6 heteroatoms. The molecule has 2 aromatic heterocycles. The second kappa shape index (κ2) is 4.22. The summed E-state index contributed by atoms with van der Waals surface area (Å²) in [6.45, 7) is 2.07. The fourth-order valence-corrected chi connectivity index (χ4v) is 1.31. The Morgan fingerprint density at radius 3 is 3.13 bits per heavy atom. The summed E-state index contributed by atoms with van der Waals surface area (Å²) in [5, 5.41) is 10.3. The Hall–Kier alpha value is -1.69. The number of rotatable bonds is 4. The Morgan fingerprint density at radius 2 is 2.47 bits per heavy atom. The van der Waals surface area contributed by atoms with Gasteiger partial charge in [-0.2, -0.15) is 10.1 Å². The third kappa shape index (κ3) is 2.04. The van der Waals surface area contributed by atoms with Crippen molar-refractivity contribution in [3.63, 3.8) is 0 Å². The van der Waals surface area contributed by atoms with E-state index in [1.54, 1.807) is 12.4 Å². The zero-order chi connectivity index (χ0) is 10.7. The van der Waals surface area contributed by atoms with Gasteiger partial charge in [0.15, 0.2) is 5.82 Å². The van der Waals surface area contributed by atoms with E-state index in [0.717, 1.165) is 18.4 Å². The summed E-state index contributed by atoms with van der Waals surface area (Å²) in [5.41, 5.74) is 6.64. The molecule has 0 radical (unpaired) electrons. The number of aromatic nitrogens is 4. The molecule has 6 nitrogen and oxygen atoms in total. The highest BCUT2D eigenvalue weighted by atomic mass is 16.5. The van der Waals surface area contributed by atoms with Gasteiger partial charge in [-0.3, -0.25) is 5.10 Å². The van der Waals surface area contributed by atoms with Gasteiger partial charge in [-0.25, -0.2) is 0 Å². The molecule has 0 spiro atoms. The number of nitrogens with zero attached hydrogens (tertiary/aromatic N) is 3. The van der Waals surface area contributed by atoms with Crippen LogP contribution >= 0.6 is 0 Å². The average Bonchev–Trinajstić information content (AvgIpc) is 2.89. The van der Waals surface area contributed by atoms with Crippen LogP contribution in [0.2, 0.25) is 0 Å². The third-order valence-electron chi connectivity index (χ3n) is 2.12.